The SMILES string of the molecule is CC1=CNc2ccc(Cl)cc2CC1. The summed E-state index contributed by atoms with van der Waals surface area (Å²) < 4.78 is 0. The summed E-state index contributed by atoms with van der Waals surface area (Å²) in [6, 6.07) is 5.99. The number of aryl methyl sites for hydroxylation is 1. The van der Waals surface area contributed by atoms with Gasteiger partial charge in [0.25, 0.3) is 0 Å². The normalized spacial score (nSPS) is 15.4. The molecule has 1 heterocycles. The van der Waals surface area contributed by atoms with Crippen molar-refractivity contribution in [1.82, 2.24) is 0 Å². The van der Waals surface area contributed by atoms with Crippen LogP contribution in [0.1, 0.15) is 18.9 Å². The third-order valence-corrected chi connectivity index (χ3v) is 2.57. The number of hydrogen-bond acceptors (Lipinski definition) is 1. The Labute approximate surface area is 83.4 Å². The van der Waals surface area contributed by atoms with Crippen molar-refractivity contribution in [2.45, 2.75) is 19.8 Å². The number of nitrogens with one attached hydrogen (secondary N) is 1. The molecule has 0 aromatic heterocycles. The lowest BCUT2D eigenvalue weighted by atomic mass is 10.1. The molecule has 0 fully saturated rings. The van der Waals surface area contributed by atoms with Crippen molar-refractivity contribution >= 4 is 17.3 Å². The topological polar surface area (TPSA) is 12.0 Å². The number of rotatable bonds is 0. The van der Waals surface area contributed by atoms with E-state index >= 15 is 0 Å². The van der Waals surface area contributed by atoms with Crippen LogP contribution in [0.4, 0.5) is 5.69 Å². The van der Waals surface area contributed by atoms with Gasteiger partial charge in [-0.1, -0.05) is 17.2 Å². The molecule has 2 heteroatoms. The van der Waals surface area contributed by atoms with Crippen LogP contribution in [0.2, 0.25) is 5.02 Å². The van der Waals surface area contributed by atoms with Crippen molar-refractivity contribution < 1.29 is 0 Å². The van der Waals surface area contributed by atoms with Crippen LogP contribution in [-0.4, -0.2) is 0 Å². The van der Waals surface area contributed by atoms with Crippen LogP contribution in [0.5, 0.6) is 0 Å². The van der Waals surface area contributed by atoms with Crippen LogP contribution in [0.3, 0.4) is 0 Å². The van der Waals surface area contributed by atoms with E-state index in [1.807, 2.05) is 18.2 Å². The third-order valence-electron chi connectivity index (χ3n) is 2.33. The highest BCUT2D eigenvalue weighted by molar-refractivity contribution is 6.30. The molecule has 0 bridgehead atoms. The van der Waals surface area contributed by atoms with Crippen molar-refractivity contribution in [1.29, 1.82) is 0 Å². The maximum atomic E-state index is 5.92. The Bertz CT molecular complexity index is 355. The Kier molecular flexibility index (Phi) is 2.28. The van der Waals surface area contributed by atoms with Crippen molar-refractivity contribution in [3.8, 4) is 0 Å². The highest BCUT2D eigenvalue weighted by Gasteiger charge is 2.06. The Morgan fingerprint density at radius 2 is 2.15 bits per heavy atom. The number of hydrogen-bond donors (Lipinski definition) is 1. The van der Waals surface area contributed by atoms with Crippen LogP contribution < -0.4 is 5.32 Å². The lowest BCUT2D eigenvalue weighted by molar-refractivity contribution is 0.953. The highest BCUT2D eigenvalue weighted by Crippen LogP contribution is 2.25. The molecule has 0 saturated heterocycles. The molecule has 0 aliphatic carbocycles. The fourth-order valence-electron chi connectivity index (χ4n) is 1.51. The quantitative estimate of drug-likeness (QED) is 0.664. The number of benzene rings is 1. The van der Waals surface area contributed by atoms with Gasteiger partial charge in [0.2, 0.25) is 0 Å². The molecular formula is C11H12ClN. The smallest absolute Gasteiger partial charge is 0.0413 e. The van der Waals surface area contributed by atoms with Gasteiger partial charge in [0.1, 0.15) is 0 Å². The van der Waals surface area contributed by atoms with Gasteiger partial charge < -0.3 is 5.32 Å². The van der Waals surface area contributed by atoms with E-state index in [-0.39, 0.29) is 0 Å². The minimum Gasteiger partial charge on any atom is -0.362 e. The first kappa shape index (κ1) is 8.64. The van der Waals surface area contributed by atoms with Gasteiger partial charge in [-0.3, -0.25) is 0 Å². The summed E-state index contributed by atoms with van der Waals surface area (Å²) in [6.45, 7) is 2.14. The third kappa shape index (κ3) is 1.86. The Morgan fingerprint density at radius 1 is 1.31 bits per heavy atom. The standard InChI is InChI=1S/C11H12ClN/c1-8-2-3-9-6-10(12)4-5-11(9)13-7-8/h4-7,13H,2-3H2,1H3. The number of allylic oxidation sites excluding steroid dienone is 1. The first-order valence-electron chi connectivity index (χ1n) is 4.46. The highest BCUT2D eigenvalue weighted by atomic mass is 35.5. The minimum absolute atomic E-state index is 0.820. The number of anilines is 1. The van der Waals surface area contributed by atoms with E-state index in [9.17, 15) is 0 Å². The fourth-order valence-corrected chi connectivity index (χ4v) is 1.71. The predicted molar refractivity (Wildman–Crippen MR) is 57.2 cm³/mol. The Morgan fingerprint density at radius 3 is 3.00 bits per heavy atom. The summed E-state index contributed by atoms with van der Waals surface area (Å²) in [5.41, 5.74) is 3.87. The van der Waals surface area contributed by atoms with E-state index in [0.29, 0.717) is 0 Å². The Balaban J connectivity index is 2.37. The molecule has 0 atom stereocenters. The van der Waals surface area contributed by atoms with E-state index in [1.165, 1.54) is 16.8 Å². The molecule has 0 saturated carbocycles. The van der Waals surface area contributed by atoms with E-state index in [1.54, 1.807) is 0 Å². The van der Waals surface area contributed by atoms with Crippen molar-refractivity contribution in [2.75, 3.05) is 5.32 Å². The molecule has 0 unspecified atom stereocenters. The van der Waals surface area contributed by atoms with Gasteiger partial charge in [-0.2, -0.15) is 0 Å². The van der Waals surface area contributed by atoms with Gasteiger partial charge in [-0.25, -0.2) is 0 Å². The van der Waals surface area contributed by atoms with E-state index < -0.39 is 0 Å². The van der Waals surface area contributed by atoms with Crippen molar-refractivity contribution in [3.63, 3.8) is 0 Å². The van der Waals surface area contributed by atoms with Gasteiger partial charge in [0, 0.05) is 10.7 Å². The molecule has 1 aromatic carbocycles. The summed E-state index contributed by atoms with van der Waals surface area (Å²) in [7, 11) is 0. The molecule has 1 nitrogen and oxygen atoms in total. The monoisotopic (exact) mass is 193 g/mol. The van der Waals surface area contributed by atoms with Crippen LogP contribution >= 0.6 is 11.6 Å². The zero-order valence-electron chi connectivity index (χ0n) is 7.60. The molecule has 0 spiro atoms. The van der Waals surface area contributed by atoms with Gasteiger partial charge in [-0.05, 0) is 49.7 Å². The van der Waals surface area contributed by atoms with Crippen LogP contribution in [-0.2, 0) is 6.42 Å². The summed E-state index contributed by atoms with van der Waals surface area (Å²) in [5.74, 6) is 0. The van der Waals surface area contributed by atoms with Gasteiger partial charge in [0.05, 0.1) is 0 Å². The van der Waals surface area contributed by atoms with Gasteiger partial charge in [0.15, 0.2) is 0 Å². The molecule has 1 aliphatic rings. The molecule has 13 heavy (non-hydrogen) atoms. The second-order valence-electron chi connectivity index (χ2n) is 3.44. The predicted octanol–water partition coefficient (Wildman–Crippen LogP) is 3.60. The van der Waals surface area contributed by atoms with Gasteiger partial charge in [-0.15, -0.1) is 0 Å². The van der Waals surface area contributed by atoms with E-state index in [0.717, 1.165) is 17.9 Å². The summed E-state index contributed by atoms with van der Waals surface area (Å²) >= 11 is 5.92. The first-order valence-corrected chi connectivity index (χ1v) is 4.84. The maximum absolute atomic E-state index is 5.92. The molecule has 1 N–H and O–H groups in total. The second kappa shape index (κ2) is 3.43. The average molecular weight is 194 g/mol. The second-order valence-corrected chi connectivity index (χ2v) is 3.87. The lowest BCUT2D eigenvalue weighted by Crippen LogP contribution is -1.90. The van der Waals surface area contributed by atoms with E-state index in [2.05, 4.69) is 18.4 Å². The zero-order chi connectivity index (χ0) is 9.26. The average Bonchev–Trinajstić information content (AvgIpc) is 2.29. The van der Waals surface area contributed by atoms with Crippen molar-refractivity contribution in [3.05, 3.63) is 40.6 Å². The number of fused-ring (bicyclic) bond motifs is 1. The molecular weight excluding hydrogens is 182 g/mol. The van der Waals surface area contributed by atoms with E-state index in [4.69, 9.17) is 11.6 Å². The largest absolute Gasteiger partial charge is 0.362 e. The fraction of sp³-hybridized carbons (Fsp3) is 0.273. The summed E-state index contributed by atoms with van der Waals surface area (Å²) in [5, 5.41) is 4.10. The van der Waals surface area contributed by atoms with Gasteiger partial charge >= 0.3 is 0 Å². The first-order chi connectivity index (χ1) is 6.25. The summed E-state index contributed by atoms with van der Waals surface area (Å²) in [4.78, 5) is 0. The molecule has 0 radical (unpaired) electrons. The van der Waals surface area contributed by atoms with Crippen LogP contribution in [0, 0.1) is 0 Å². The molecule has 0 amide bonds. The maximum Gasteiger partial charge on any atom is 0.0413 e. The minimum atomic E-state index is 0.820. The molecule has 1 aromatic rings. The molecule has 1 aliphatic heterocycles. The van der Waals surface area contributed by atoms with Crippen LogP contribution in [0.15, 0.2) is 30.0 Å². The number of halogens is 1. The molecule has 68 valence electrons. The summed E-state index contributed by atoms with van der Waals surface area (Å²) in [6.07, 6.45) is 4.26. The Hall–Kier alpha value is -0.950. The molecule has 2 rings (SSSR count). The lowest BCUT2D eigenvalue weighted by Gasteiger charge is -2.05. The van der Waals surface area contributed by atoms with Crippen LogP contribution in [0.25, 0.3) is 0 Å². The zero-order valence-corrected chi connectivity index (χ0v) is 8.36. The van der Waals surface area contributed by atoms with Crippen molar-refractivity contribution in [2.24, 2.45) is 0 Å².